The summed E-state index contributed by atoms with van der Waals surface area (Å²) in [6, 6.07) is 0. The average Bonchev–Trinajstić information content (AvgIpc) is 3.23. The van der Waals surface area contributed by atoms with E-state index in [4.69, 9.17) is 9.47 Å². The second-order valence-electron chi connectivity index (χ2n) is 15.8. The molecule has 1 atom stereocenters. The van der Waals surface area contributed by atoms with Crippen LogP contribution in [0.15, 0.2) is 85.1 Å². The van der Waals surface area contributed by atoms with Gasteiger partial charge in [0, 0.05) is 12.8 Å². The normalized spacial score (nSPS) is 12.9. The molecule has 0 aromatic heterocycles. The van der Waals surface area contributed by atoms with Crippen LogP contribution in [0.3, 0.4) is 0 Å². The Kier molecular flexibility index (Phi) is 46.0. The van der Waals surface area contributed by atoms with Crippen LogP contribution in [-0.4, -0.2) is 36.4 Å². The highest BCUT2D eigenvalue weighted by atomic mass is 16.6. The Hall–Kier alpha value is -2.92. The first-order valence-electron chi connectivity index (χ1n) is 24.1. The van der Waals surface area contributed by atoms with Gasteiger partial charge in [-0.3, -0.25) is 9.59 Å². The number of carbonyl (C=O) groups excluding carboxylic acids is 2. The molecule has 0 aliphatic rings. The van der Waals surface area contributed by atoms with Crippen LogP contribution in [0, 0.1) is 0 Å². The lowest BCUT2D eigenvalue weighted by molar-refractivity contribution is -0.161. The van der Waals surface area contributed by atoms with Crippen molar-refractivity contribution in [3.8, 4) is 0 Å². The number of esters is 2. The van der Waals surface area contributed by atoms with E-state index in [2.05, 4.69) is 98.9 Å². The van der Waals surface area contributed by atoms with Crippen LogP contribution in [0.2, 0.25) is 0 Å². The van der Waals surface area contributed by atoms with Gasteiger partial charge in [-0.05, 0) is 83.5 Å². The molecule has 0 aliphatic carbocycles. The first kappa shape index (κ1) is 55.1. The van der Waals surface area contributed by atoms with Crippen LogP contribution >= 0.6 is 0 Å². The van der Waals surface area contributed by atoms with Crippen molar-refractivity contribution in [1.82, 2.24) is 0 Å². The number of rotatable bonds is 43. The van der Waals surface area contributed by atoms with Gasteiger partial charge in [-0.2, -0.15) is 0 Å². The second-order valence-corrected chi connectivity index (χ2v) is 15.8. The summed E-state index contributed by atoms with van der Waals surface area (Å²) < 4.78 is 10.7. The summed E-state index contributed by atoms with van der Waals surface area (Å²) in [7, 11) is 0. The van der Waals surface area contributed by atoms with Gasteiger partial charge >= 0.3 is 11.9 Å². The van der Waals surface area contributed by atoms with E-state index in [9.17, 15) is 14.7 Å². The second kappa shape index (κ2) is 48.4. The molecule has 0 heterocycles. The fourth-order valence-corrected chi connectivity index (χ4v) is 6.62. The molecule has 0 aliphatic heterocycles. The number of hydrogen-bond donors (Lipinski definition) is 1. The topological polar surface area (TPSA) is 72.8 Å². The number of unbranched alkanes of at least 4 members (excludes halogenated alkanes) is 21. The van der Waals surface area contributed by atoms with Crippen molar-refractivity contribution in [3.63, 3.8) is 0 Å². The van der Waals surface area contributed by atoms with Gasteiger partial charge in [-0.1, -0.05) is 208 Å². The van der Waals surface area contributed by atoms with E-state index in [-0.39, 0.29) is 25.2 Å². The Morgan fingerprint density at radius 1 is 0.397 bits per heavy atom. The van der Waals surface area contributed by atoms with Gasteiger partial charge in [0.15, 0.2) is 6.10 Å². The first-order valence-corrected chi connectivity index (χ1v) is 24.1. The minimum atomic E-state index is -0.780. The predicted octanol–water partition coefficient (Wildman–Crippen LogP) is 15.9. The summed E-state index contributed by atoms with van der Waals surface area (Å²) in [6.45, 7) is 3.91. The predicted molar refractivity (Wildman–Crippen MR) is 251 cm³/mol. The maximum Gasteiger partial charge on any atom is 0.306 e. The van der Waals surface area contributed by atoms with Gasteiger partial charge in [0.05, 0.1) is 6.61 Å². The minimum Gasteiger partial charge on any atom is -0.462 e. The Morgan fingerprint density at radius 2 is 0.690 bits per heavy atom. The Balaban J connectivity index is 3.52. The number of aliphatic hydroxyl groups excluding tert-OH is 1. The lowest BCUT2D eigenvalue weighted by atomic mass is 10.0. The summed E-state index contributed by atoms with van der Waals surface area (Å²) in [4.78, 5) is 24.4. The van der Waals surface area contributed by atoms with Crippen molar-refractivity contribution in [2.45, 2.75) is 225 Å². The molecule has 0 aromatic rings. The summed E-state index contributed by atoms with van der Waals surface area (Å²) in [5.74, 6) is -0.603. The van der Waals surface area contributed by atoms with Crippen molar-refractivity contribution in [1.29, 1.82) is 0 Å². The third kappa shape index (κ3) is 45.8. The van der Waals surface area contributed by atoms with Gasteiger partial charge in [-0.25, -0.2) is 0 Å². The smallest absolute Gasteiger partial charge is 0.306 e. The van der Waals surface area contributed by atoms with Gasteiger partial charge in [-0.15, -0.1) is 0 Å². The fraction of sp³-hybridized carbons (Fsp3) is 0.698. The zero-order chi connectivity index (χ0) is 42.1. The van der Waals surface area contributed by atoms with Crippen LogP contribution < -0.4 is 0 Å². The zero-order valence-corrected chi connectivity index (χ0v) is 37.8. The molecule has 0 rings (SSSR count). The minimum absolute atomic E-state index is 0.0740. The highest BCUT2D eigenvalue weighted by molar-refractivity contribution is 5.70. The maximum absolute atomic E-state index is 12.3. The van der Waals surface area contributed by atoms with Crippen LogP contribution in [-0.2, 0) is 19.1 Å². The van der Waals surface area contributed by atoms with Crippen LogP contribution in [0.5, 0.6) is 0 Å². The van der Waals surface area contributed by atoms with E-state index in [0.717, 1.165) is 89.9 Å². The third-order valence-corrected chi connectivity index (χ3v) is 10.2. The highest BCUT2D eigenvalue weighted by Gasteiger charge is 2.16. The monoisotopic (exact) mass is 807 g/mol. The molecular weight excluding hydrogens is 717 g/mol. The molecule has 0 radical (unpaired) electrons. The van der Waals surface area contributed by atoms with E-state index < -0.39 is 6.10 Å². The maximum atomic E-state index is 12.3. The lowest BCUT2D eigenvalue weighted by Crippen LogP contribution is -2.28. The van der Waals surface area contributed by atoms with Gasteiger partial charge < -0.3 is 14.6 Å². The summed E-state index contributed by atoms with van der Waals surface area (Å²) in [5, 5.41) is 9.61. The Morgan fingerprint density at radius 3 is 1.03 bits per heavy atom. The van der Waals surface area contributed by atoms with Crippen molar-refractivity contribution in [3.05, 3.63) is 85.1 Å². The van der Waals surface area contributed by atoms with Crippen LogP contribution in [0.4, 0.5) is 0 Å². The van der Waals surface area contributed by atoms with Gasteiger partial charge in [0.1, 0.15) is 6.61 Å². The molecule has 0 spiro atoms. The molecule has 0 saturated carbocycles. The third-order valence-electron chi connectivity index (χ3n) is 10.2. The van der Waals surface area contributed by atoms with Crippen molar-refractivity contribution < 1.29 is 24.2 Å². The van der Waals surface area contributed by atoms with Crippen LogP contribution in [0.1, 0.15) is 219 Å². The molecule has 0 fully saturated rings. The lowest BCUT2D eigenvalue weighted by Gasteiger charge is -2.15. The molecule has 332 valence electrons. The number of carbonyl (C=O) groups is 2. The average molecular weight is 807 g/mol. The van der Waals surface area contributed by atoms with Crippen LogP contribution in [0.25, 0.3) is 0 Å². The van der Waals surface area contributed by atoms with Crippen molar-refractivity contribution in [2.75, 3.05) is 13.2 Å². The highest BCUT2D eigenvalue weighted by Crippen LogP contribution is 2.15. The molecule has 58 heavy (non-hydrogen) atoms. The number of ether oxygens (including phenoxy) is 2. The fourth-order valence-electron chi connectivity index (χ4n) is 6.62. The number of allylic oxidation sites excluding steroid dienone is 14. The van der Waals surface area contributed by atoms with Crippen molar-refractivity contribution >= 4 is 11.9 Å². The molecule has 1 N–H and O–H groups in total. The molecular formula is C53H90O5. The molecule has 5 heteroatoms. The molecule has 5 nitrogen and oxygen atoms in total. The molecule has 0 amide bonds. The standard InChI is InChI=1S/C53H90O5/c1-3-5-7-9-11-13-15-17-19-21-22-23-24-25-26-27-28-29-30-32-34-36-38-40-42-44-46-48-53(56)58-51(49-54)50-57-52(55)47-45-43-41-39-37-35-33-31-20-18-16-14-12-10-8-6-4-2/h5-8,11-14,17-20,22-23,51,54H,3-4,9-10,15-16,21,24-50H2,1-2H3/b7-5-,8-6-,13-11-,14-12-,19-17-,20-18-,23-22-. The molecule has 0 bridgehead atoms. The molecule has 0 saturated heterocycles. The first-order chi connectivity index (χ1) is 28.6. The summed E-state index contributed by atoms with van der Waals surface area (Å²) >= 11 is 0. The van der Waals surface area contributed by atoms with Gasteiger partial charge in [0.25, 0.3) is 0 Å². The SMILES string of the molecule is CC/C=C\C/C=C\C/C=C\C/C=C\CCCCCCCCCCCCCCCCC(=O)OC(CO)COC(=O)CCCCCCCCC/C=C\C/C=C\C/C=C\CC. The van der Waals surface area contributed by atoms with Crippen molar-refractivity contribution in [2.24, 2.45) is 0 Å². The van der Waals surface area contributed by atoms with E-state index >= 15 is 0 Å². The van der Waals surface area contributed by atoms with E-state index in [1.54, 1.807) is 0 Å². The quantitative estimate of drug-likeness (QED) is 0.0377. The van der Waals surface area contributed by atoms with Gasteiger partial charge in [0.2, 0.25) is 0 Å². The Labute approximate surface area is 358 Å². The summed E-state index contributed by atoms with van der Waals surface area (Å²) in [5.41, 5.74) is 0. The largest absolute Gasteiger partial charge is 0.462 e. The van der Waals surface area contributed by atoms with E-state index in [1.807, 2.05) is 0 Å². The number of hydrogen-bond acceptors (Lipinski definition) is 5. The van der Waals surface area contributed by atoms with E-state index in [0.29, 0.717) is 12.8 Å². The zero-order valence-electron chi connectivity index (χ0n) is 37.8. The molecule has 1 unspecified atom stereocenters. The number of aliphatic hydroxyl groups is 1. The van der Waals surface area contributed by atoms with E-state index in [1.165, 1.54) is 103 Å². The Bertz CT molecular complexity index is 1090. The molecule has 0 aromatic carbocycles. The summed E-state index contributed by atoms with van der Waals surface area (Å²) in [6.07, 6.45) is 66.7.